The van der Waals surface area contributed by atoms with Gasteiger partial charge in [0, 0.05) is 19.8 Å². The highest BCUT2D eigenvalue weighted by Crippen LogP contribution is 2.17. The van der Waals surface area contributed by atoms with Gasteiger partial charge >= 0.3 is 10.1 Å². The lowest BCUT2D eigenvalue weighted by atomic mass is 10.1. The van der Waals surface area contributed by atoms with E-state index in [1.165, 1.54) is 30.1 Å². The topological polar surface area (TPSA) is 128 Å². The van der Waals surface area contributed by atoms with Crippen molar-refractivity contribution in [1.29, 1.82) is 0 Å². The van der Waals surface area contributed by atoms with Crippen LogP contribution in [0.1, 0.15) is 35.6 Å². The highest BCUT2D eigenvalue weighted by atomic mass is 32.2. The van der Waals surface area contributed by atoms with Crippen molar-refractivity contribution in [2.75, 3.05) is 19.8 Å². The predicted octanol–water partition coefficient (Wildman–Crippen LogP) is 2.17. The van der Waals surface area contributed by atoms with Gasteiger partial charge in [-0.2, -0.15) is 18.6 Å². The molecule has 0 fully saturated rings. The Hall–Kier alpha value is -2.99. The number of allylic oxidation sites excluding steroid dienone is 1. The number of benzene rings is 1. The van der Waals surface area contributed by atoms with Crippen LogP contribution in [0.25, 0.3) is 0 Å². The van der Waals surface area contributed by atoms with Crippen molar-refractivity contribution in [3.05, 3.63) is 59.1 Å². The number of hydrogen-bond donors (Lipinski definition) is 0. The van der Waals surface area contributed by atoms with Gasteiger partial charge in [0.15, 0.2) is 9.84 Å². The molecule has 12 heteroatoms. The maximum atomic E-state index is 13.3. The third-order valence-electron chi connectivity index (χ3n) is 4.49. The summed E-state index contributed by atoms with van der Waals surface area (Å²) >= 11 is 0. The molecule has 0 atom stereocenters. The maximum Gasteiger partial charge on any atom is 0.338 e. The summed E-state index contributed by atoms with van der Waals surface area (Å²) in [6, 6.07) is 7.51. The quantitative estimate of drug-likeness (QED) is 0.116. The number of carbonyl (C=O) groups excluding carboxylic acids is 1. The molecule has 0 saturated heterocycles. The Morgan fingerprint density at radius 2 is 1.79 bits per heavy atom. The van der Waals surface area contributed by atoms with Crippen LogP contribution in [0.2, 0.25) is 0 Å². The Bertz CT molecular complexity index is 1260. The fourth-order valence-electron chi connectivity index (χ4n) is 2.55. The van der Waals surface area contributed by atoms with E-state index < -0.39 is 31.6 Å². The summed E-state index contributed by atoms with van der Waals surface area (Å²) in [6.45, 7) is 5.13. The minimum Gasteiger partial charge on any atom is -0.386 e. The number of hydrazone groups is 1. The third kappa shape index (κ3) is 7.26. The molecule has 10 nitrogen and oxygen atoms in total. The highest BCUT2D eigenvalue weighted by molar-refractivity contribution is 7.90. The van der Waals surface area contributed by atoms with Crippen molar-refractivity contribution < 1.29 is 25.8 Å². The normalized spacial score (nSPS) is 12.8. The Kier molecular flexibility index (Phi) is 8.56. The van der Waals surface area contributed by atoms with E-state index in [1.807, 2.05) is 13.8 Å². The number of rotatable bonds is 11. The van der Waals surface area contributed by atoms with E-state index in [4.69, 9.17) is 4.18 Å². The minimum atomic E-state index is -4.19. The molecule has 0 aliphatic heterocycles. The van der Waals surface area contributed by atoms with Gasteiger partial charge in [-0.15, -0.1) is 0 Å². The number of aryl methyl sites for hydroxylation is 2. The van der Waals surface area contributed by atoms with Gasteiger partial charge in [-0.1, -0.05) is 31.5 Å². The molecule has 0 unspecified atom stereocenters. The van der Waals surface area contributed by atoms with Gasteiger partial charge in [0.25, 0.3) is 0 Å². The molecule has 2 aromatic rings. The van der Waals surface area contributed by atoms with Crippen LogP contribution in [0.15, 0.2) is 52.2 Å². The van der Waals surface area contributed by atoms with Gasteiger partial charge in [-0.3, -0.25) is 4.79 Å². The van der Waals surface area contributed by atoms with E-state index in [0.29, 0.717) is 12.1 Å². The number of ketones is 1. The number of sulfone groups is 1. The molecule has 0 amide bonds. The molecule has 0 bridgehead atoms. The van der Waals surface area contributed by atoms with E-state index >= 15 is 0 Å². The smallest absolute Gasteiger partial charge is 0.338 e. The first-order valence-corrected chi connectivity index (χ1v) is 13.3. The molecule has 0 aliphatic rings. The Morgan fingerprint density at radius 3 is 2.33 bits per heavy atom. The number of aromatic nitrogens is 2. The van der Waals surface area contributed by atoms with Crippen molar-refractivity contribution in [2.45, 2.75) is 38.0 Å². The zero-order chi connectivity index (χ0) is 24.8. The molecular formula is C21H28N4O6S2. The van der Waals surface area contributed by atoms with E-state index in [0.717, 1.165) is 22.7 Å². The second-order valence-electron chi connectivity index (χ2n) is 7.39. The SMILES string of the molecule is CCc1cc(C(=O)C(=C\OS(=O)(=O)c2ccc(C)cc2)/C=N/N(C)C)n(CS(=O)(=O)CC)n1. The molecule has 1 aromatic heterocycles. The minimum absolute atomic E-state index is 0.0170. The molecule has 0 saturated carbocycles. The summed E-state index contributed by atoms with van der Waals surface area (Å²) in [7, 11) is -4.44. The number of hydrogen-bond acceptors (Lipinski definition) is 9. The first kappa shape index (κ1) is 26.3. The summed E-state index contributed by atoms with van der Waals surface area (Å²) in [5.74, 6) is -1.28. The largest absolute Gasteiger partial charge is 0.386 e. The van der Waals surface area contributed by atoms with Gasteiger partial charge in [0.05, 0.1) is 17.5 Å². The van der Waals surface area contributed by atoms with Gasteiger partial charge in [0.2, 0.25) is 5.78 Å². The van der Waals surface area contributed by atoms with Crippen molar-refractivity contribution in [1.82, 2.24) is 14.8 Å². The molecule has 1 heterocycles. The molecule has 0 aliphatic carbocycles. The van der Waals surface area contributed by atoms with E-state index in [1.54, 1.807) is 26.2 Å². The monoisotopic (exact) mass is 496 g/mol. The third-order valence-corrected chi connectivity index (χ3v) is 7.20. The van der Waals surface area contributed by atoms with Crippen LogP contribution < -0.4 is 0 Å². The maximum absolute atomic E-state index is 13.3. The zero-order valence-electron chi connectivity index (χ0n) is 19.2. The van der Waals surface area contributed by atoms with Gasteiger partial charge in [-0.05, 0) is 31.5 Å². The molecule has 0 radical (unpaired) electrons. The van der Waals surface area contributed by atoms with Crippen LogP contribution in [-0.2, 0) is 36.4 Å². The van der Waals surface area contributed by atoms with Crippen LogP contribution in [0.5, 0.6) is 0 Å². The van der Waals surface area contributed by atoms with Crippen molar-refractivity contribution in [3.63, 3.8) is 0 Å². The lowest BCUT2D eigenvalue weighted by molar-refractivity contribution is 0.103. The molecule has 0 spiro atoms. The Balaban J connectivity index is 2.48. The van der Waals surface area contributed by atoms with E-state index in [9.17, 15) is 21.6 Å². The molecule has 180 valence electrons. The lowest BCUT2D eigenvalue weighted by Gasteiger charge is -2.09. The highest BCUT2D eigenvalue weighted by Gasteiger charge is 2.23. The van der Waals surface area contributed by atoms with Crippen LogP contribution >= 0.6 is 0 Å². The fourth-order valence-corrected chi connectivity index (χ4v) is 4.11. The average molecular weight is 497 g/mol. The van der Waals surface area contributed by atoms with Crippen LogP contribution in [0, 0.1) is 6.92 Å². The van der Waals surface area contributed by atoms with Crippen LogP contribution in [-0.4, -0.2) is 63.5 Å². The molecule has 33 heavy (non-hydrogen) atoms. The molecule has 1 aromatic carbocycles. The predicted molar refractivity (Wildman–Crippen MR) is 125 cm³/mol. The van der Waals surface area contributed by atoms with Crippen molar-refractivity contribution in [2.24, 2.45) is 5.10 Å². The standard InChI is InChI=1S/C21H28N4O6S2/c1-6-18-12-20(25(23-18)15-32(27,28)7-2)21(26)17(13-22-24(4)5)14-31-33(29,30)19-10-8-16(3)9-11-19/h8-14H,6-7,15H2,1-5H3/b17-14-,22-13+. The van der Waals surface area contributed by atoms with Crippen molar-refractivity contribution >= 4 is 32.0 Å². The number of nitrogens with zero attached hydrogens (tertiary/aromatic N) is 4. The first-order chi connectivity index (χ1) is 15.4. The number of Topliss-reactive ketones (excluding diaryl/α,β-unsaturated/α-hetero) is 1. The second kappa shape index (κ2) is 10.8. The summed E-state index contributed by atoms with van der Waals surface area (Å²) < 4.78 is 55.5. The first-order valence-electron chi connectivity index (χ1n) is 10.1. The summed E-state index contributed by atoms with van der Waals surface area (Å²) in [5.41, 5.74) is 1.18. The summed E-state index contributed by atoms with van der Waals surface area (Å²) in [5, 5.41) is 9.61. The molecule has 0 N–H and O–H groups in total. The van der Waals surface area contributed by atoms with Gasteiger partial charge in [0.1, 0.15) is 22.7 Å². The van der Waals surface area contributed by atoms with Crippen molar-refractivity contribution in [3.8, 4) is 0 Å². The van der Waals surface area contributed by atoms with Crippen LogP contribution in [0.4, 0.5) is 0 Å². The average Bonchev–Trinajstić information content (AvgIpc) is 3.15. The van der Waals surface area contributed by atoms with E-state index in [2.05, 4.69) is 10.2 Å². The number of carbonyl (C=O) groups is 1. The lowest BCUT2D eigenvalue weighted by Crippen LogP contribution is -2.20. The second-order valence-corrected chi connectivity index (χ2v) is 11.3. The van der Waals surface area contributed by atoms with Gasteiger partial charge in [-0.25, -0.2) is 13.1 Å². The fraction of sp³-hybridized carbons (Fsp3) is 0.381. The molecular weight excluding hydrogens is 468 g/mol. The van der Waals surface area contributed by atoms with Crippen LogP contribution in [0.3, 0.4) is 0 Å². The molecule has 2 rings (SSSR count). The Morgan fingerprint density at radius 1 is 1.15 bits per heavy atom. The van der Waals surface area contributed by atoms with E-state index in [-0.39, 0.29) is 21.9 Å². The Labute approximate surface area is 194 Å². The zero-order valence-corrected chi connectivity index (χ0v) is 20.9. The summed E-state index contributed by atoms with van der Waals surface area (Å²) in [4.78, 5) is 13.2. The van der Waals surface area contributed by atoms with Gasteiger partial charge < -0.3 is 9.19 Å². The summed E-state index contributed by atoms with van der Waals surface area (Å²) in [6.07, 6.45) is 2.41.